The van der Waals surface area contributed by atoms with Gasteiger partial charge < -0.3 is 14.6 Å². The van der Waals surface area contributed by atoms with Crippen molar-refractivity contribution in [1.82, 2.24) is 9.88 Å². The lowest BCUT2D eigenvalue weighted by Gasteiger charge is -2.11. The summed E-state index contributed by atoms with van der Waals surface area (Å²) in [5, 5.41) is 3.13. The van der Waals surface area contributed by atoms with Crippen LogP contribution in [0, 0.1) is 5.82 Å². The van der Waals surface area contributed by atoms with Gasteiger partial charge in [0.1, 0.15) is 17.1 Å². The minimum atomic E-state index is -0.473. The lowest BCUT2D eigenvalue weighted by atomic mass is 10.1. The van der Waals surface area contributed by atoms with Gasteiger partial charge in [0.05, 0.1) is 17.5 Å². The predicted molar refractivity (Wildman–Crippen MR) is 97.9 cm³/mol. The smallest absolute Gasteiger partial charge is 0.257 e. The van der Waals surface area contributed by atoms with Crippen molar-refractivity contribution in [1.29, 1.82) is 0 Å². The Morgan fingerprint density at radius 1 is 1.19 bits per heavy atom. The number of benzene rings is 2. The van der Waals surface area contributed by atoms with E-state index in [-0.39, 0.29) is 23.4 Å². The molecule has 0 spiro atoms. The van der Waals surface area contributed by atoms with E-state index < -0.39 is 5.91 Å². The van der Waals surface area contributed by atoms with Crippen LogP contribution in [0.4, 0.5) is 4.39 Å². The van der Waals surface area contributed by atoms with Gasteiger partial charge in [-0.3, -0.25) is 9.59 Å². The minimum absolute atomic E-state index is 0.0516. The number of pyridine rings is 1. The van der Waals surface area contributed by atoms with Gasteiger partial charge in [-0.15, -0.1) is 0 Å². The van der Waals surface area contributed by atoms with Crippen molar-refractivity contribution >= 4 is 16.8 Å². The molecule has 3 aromatic rings. The SMILES string of the molecule is CCOc1ccc2c(c1)c(=O)c(C(=O)NCc1ccc(F)cc1)cn2C. The molecule has 0 unspecified atom stereocenters. The Hall–Kier alpha value is -3.15. The van der Waals surface area contributed by atoms with Gasteiger partial charge >= 0.3 is 0 Å². The summed E-state index contributed by atoms with van der Waals surface area (Å²) in [5.41, 5.74) is 1.16. The van der Waals surface area contributed by atoms with Gasteiger partial charge in [0, 0.05) is 19.8 Å². The van der Waals surface area contributed by atoms with Crippen LogP contribution in [0.2, 0.25) is 0 Å². The molecule has 0 fully saturated rings. The van der Waals surface area contributed by atoms with Gasteiger partial charge in [0.25, 0.3) is 5.91 Å². The van der Waals surface area contributed by atoms with Gasteiger partial charge in [-0.2, -0.15) is 0 Å². The van der Waals surface area contributed by atoms with Crippen LogP contribution < -0.4 is 15.5 Å². The monoisotopic (exact) mass is 354 g/mol. The summed E-state index contributed by atoms with van der Waals surface area (Å²) in [6.07, 6.45) is 1.52. The molecule has 1 aromatic heterocycles. The van der Waals surface area contributed by atoms with Crippen LogP contribution >= 0.6 is 0 Å². The number of halogens is 1. The average Bonchev–Trinajstić information content (AvgIpc) is 2.64. The van der Waals surface area contributed by atoms with E-state index >= 15 is 0 Å². The van der Waals surface area contributed by atoms with Crippen molar-refractivity contribution in [2.24, 2.45) is 7.05 Å². The Kier molecular flexibility index (Phi) is 5.02. The van der Waals surface area contributed by atoms with E-state index in [1.165, 1.54) is 18.3 Å². The number of hydrogen-bond donors (Lipinski definition) is 1. The zero-order valence-corrected chi connectivity index (χ0v) is 14.6. The fraction of sp³-hybridized carbons (Fsp3) is 0.200. The molecule has 6 heteroatoms. The van der Waals surface area contributed by atoms with Crippen molar-refractivity contribution < 1.29 is 13.9 Å². The maximum atomic E-state index is 12.9. The molecule has 0 saturated carbocycles. The average molecular weight is 354 g/mol. The van der Waals surface area contributed by atoms with Gasteiger partial charge in [-0.25, -0.2) is 4.39 Å². The number of hydrogen-bond acceptors (Lipinski definition) is 3. The fourth-order valence-electron chi connectivity index (χ4n) is 2.77. The topological polar surface area (TPSA) is 60.3 Å². The second kappa shape index (κ2) is 7.39. The highest BCUT2D eigenvalue weighted by molar-refractivity contribution is 5.97. The zero-order valence-electron chi connectivity index (χ0n) is 14.6. The summed E-state index contributed by atoms with van der Waals surface area (Å²) in [6.45, 7) is 2.56. The highest BCUT2D eigenvalue weighted by atomic mass is 19.1. The molecule has 0 aliphatic rings. The Morgan fingerprint density at radius 3 is 2.62 bits per heavy atom. The quantitative estimate of drug-likeness (QED) is 0.766. The van der Waals surface area contributed by atoms with E-state index in [4.69, 9.17) is 4.74 Å². The zero-order chi connectivity index (χ0) is 18.7. The number of aromatic nitrogens is 1. The van der Waals surface area contributed by atoms with E-state index in [0.717, 1.165) is 5.56 Å². The van der Waals surface area contributed by atoms with Crippen LogP contribution in [0.5, 0.6) is 5.75 Å². The first-order valence-corrected chi connectivity index (χ1v) is 8.28. The Morgan fingerprint density at radius 2 is 1.92 bits per heavy atom. The second-order valence-electron chi connectivity index (χ2n) is 5.90. The number of nitrogens with zero attached hydrogens (tertiary/aromatic N) is 1. The number of aryl methyl sites for hydroxylation is 1. The molecular formula is C20H19FN2O3. The Labute approximate surface area is 150 Å². The molecule has 0 radical (unpaired) electrons. The Bertz CT molecular complexity index is 1010. The number of carbonyl (C=O) groups excluding carboxylic acids is 1. The number of carbonyl (C=O) groups is 1. The summed E-state index contributed by atoms with van der Waals surface area (Å²) in [6, 6.07) is 11.1. The largest absolute Gasteiger partial charge is 0.494 e. The third-order valence-electron chi connectivity index (χ3n) is 4.08. The molecule has 3 rings (SSSR count). The first-order chi connectivity index (χ1) is 12.5. The molecule has 2 aromatic carbocycles. The van der Waals surface area contributed by atoms with Crippen molar-refractivity contribution in [3.8, 4) is 5.75 Å². The van der Waals surface area contributed by atoms with E-state index in [2.05, 4.69) is 5.32 Å². The molecule has 0 atom stereocenters. The number of fused-ring (bicyclic) bond motifs is 1. The van der Waals surface area contributed by atoms with Crippen LogP contribution in [0.1, 0.15) is 22.8 Å². The number of nitrogens with one attached hydrogen (secondary N) is 1. The summed E-state index contributed by atoms with van der Waals surface area (Å²) >= 11 is 0. The summed E-state index contributed by atoms with van der Waals surface area (Å²) < 4.78 is 20.1. The van der Waals surface area contributed by atoms with Crippen LogP contribution in [0.3, 0.4) is 0 Å². The van der Waals surface area contributed by atoms with E-state index in [1.807, 2.05) is 6.92 Å². The first-order valence-electron chi connectivity index (χ1n) is 8.28. The highest BCUT2D eigenvalue weighted by Gasteiger charge is 2.15. The lowest BCUT2D eigenvalue weighted by molar-refractivity contribution is 0.0949. The second-order valence-corrected chi connectivity index (χ2v) is 5.90. The number of rotatable bonds is 5. The Balaban J connectivity index is 1.90. The van der Waals surface area contributed by atoms with Crippen LogP contribution in [0.15, 0.2) is 53.5 Å². The molecule has 1 N–H and O–H groups in total. The lowest BCUT2D eigenvalue weighted by Crippen LogP contribution is -2.29. The summed E-state index contributed by atoms with van der Waals surface area (Å²) in [5.74, 6) is -0.229. The fourth-order valence-corrected chi connectivity index (χ4v) is 2.77. The number of amides is 1. The van der Waals surface area contributed by atoms with Crippen molar-refractivity contribution in [3.63, 3.8) is 0 Å². The summed E-state index contributed by atoms with van der Waals surface area (Å²) in [7, 11) is 1.78. The molecule has 0 bridgehead atoms. The molecule has 134 valence electrons. The van der Waals surface area contributed by atoms with Crippen molar-refractivity contribution in [2.75, 3.05) is 6.61 Å². The summed E-state index contributed by atoms with van der Waals surface area (Å²) in [4.78, 5) is 25.2. The van der Waals surface area contributed by atoms with Gasteiger partial charge in [-0.1, -0.05) is 12.1 Å². The molecule has 0 aliphatic heterocycles. The molecule has 1 amide bonds. The molecule has 1 heterocycles. The van der Waals surface area contributed by atoms with Gasteiger partial charge in [0.15, 0.2) is 0 Å². The standard InChI is InChI=1S/C20H19FN2O3/c1-3-26-15-8-9-18-16(10-15)19(24)17(12-23(18)2)20(25)22-11-13-4-6-14(21)7-5-13/h4-10,12H,3,11H2,1-2H3,(H,22,25). The van der Waals surface area contributed by atoms with Crippen molar-refractivity contribution in [2.45, 2.75) is 13.5 Å². The molecule has 0 aliphatic carbocycles. The normalized spacial score (nSPS) is 10.7. The van der Waals surface area contributed by atoms with E-state index in [1.54, 1.807) is 41.9 Å². The molecule has 5 nitrogen and oxygen atoms in total. The van der Waals surface area contributed by atoms with Crippen LogP contribution in [0.25, 0.3) is 10.9 Å². The first kappa shape index (κ1) is 17.7. The third kappa shape index (κ3) is 3.59. The number of ether oxygens (including phenoxy) is 1. The van der Waals surface area contributed by atoms with Crippen LogP contribution in [-0.2, 0) is 13.6 Å². The molecule has 0 saturated heterocycles. The van der Waals surface area contributed by atoms with E-state index in [0.29, 0.717) is 23.3 Å². The van der Waals surface area contributed by atoms with Crippen LogP contribution in [-0.4, -0.2) is 17.1 Å². The maximum absolute atomic E-state index is 12.9. The minimum Gasteiger partial charge on any atom is -0.494 e. The highest BCUT2D eigenvalue weighted by Crippen LogP contribution is 2.18. The molecule has 26 heavy (non-hydrogen) atoms. The third-order valence-corrected chi connectivity index (χ3v) is 4.08. The predicted octanol–water partition coefficient (Wildman–Crippen LogP) is 3.01. The molecular weight excluding hydrogens is 335 g/mol. The van der Waals surface area contributed by atoms with Crippen molar-refractivity contribution in [3.05, 3.63) is 75.8 Å². The maximum Gasteiger partial charge on any atom is 0.257 e. The van der Waals surface area contributed by atoms with Gasteiger partial charge in [0.2, 0.25) is 5.43 Å². The van der Waals surface area contributed by atoms with Gasteiger partial charge in [-0.05, 0) is 42.8 Å². The van der Waals surface area contributed by atoms with E-state index in [9.17, 15) is 14.0 Å².